The molecule has 112 valence electrons. The van der Waals surface area contributed by atoms with E-state index in [4.69, 9.17) is 4.74 Å². The highest BCUT2D eigenvalue weighted by atomic mass is 16.5. The van der Waals surface area contributed by atoms with E-state index >= 15 is 0 Å². The molecule has 1 N–H and O–H groups in total. The zero-order chi connectivity index (χ0) is 15.4. The summed E-state index contributed by atoms with van der Waals surface area (Å²) in [5, 5.41) is 10.5. The van der Waals surface area contributed by atoms with Crippen LogP contribution in [-0.4, -0.2) is 12.2 Å². The van der Waals surface area contributed by atoms with E-state index in [0.29, 0.717) is 12.3 Å². The normalized spacial score (nSPS) is 12.5. The van der Waals surface area contributed by atoms with Crippen molar-refractivity contribution in [3.8, 4) is 5.75 Å². The third kappa shape index (κ3) is 3.85. The van der Waals surface area contributed by atoms with Crippen LogP contribution in [0.4, 0.5) is 0 Å². The summed E-state index contributed by atoms with van der Waals surface area (Å²) in [4.78, 5) is 0. The molecular weight excluding hydrogens is 260 g/mol. The monoisotopic (exact) mass is 284 g/mol. The highest BCUT2D eigenvalue weighted by molar-refractivity contribution is 5.39. The van der Waals surface area contributed by atoms with Crippen LogP contribution in [0.15, 0.2) is 42.5 Å². The Bertz CT molecular complexity index is 585. The van der Waals surface area contributed by atoms with Crippen LogP contribution in [0.5, 0.6) is 5.75 Å². The van der Waals surface area contributed by atoms with E-state index < -0.39 is 6.10 Å². The van der Waals surface area contributed by atoms with Crippen LogP contribution in [-0.2, 0) is 6.42 Å². The van der Waals surface area contributed by atoms with Gasteiger partial charge in [-0.3, -0.25) is 0 Å². The van der Waals surface area contributed by atoms with Crippen molar-refractivity contribution >= 4 is 0 Å². The first-order valence-electron chi connectivity index (χ1n) is 7.42. The van der Waals surface area contributed by atoms with Gasteiger partial charge in [0, 0.05) is 12.0 Å². The van der Waals surface area contributed by atoms with Crippen LogP contribution in [0.3, 0.4) is 0 Å². The Balaban J connectivity index is 2.17. The van der Waals surface area contributed by atoms with Gasteiger partial charge in [-0.1, -0.05) is 49.7 Å². The molecule has 2 heteroatoms. The molecule has 2 aromatic rings. The Morgan fingerprint density at radius 2 is 1.71 bits per heavy atom. The maximum atomic E-state index is 10.5. The Labute approximate surface area is 127 Å². The van der Waals surface area contributed by atoms with Gasteiger partial charge < -0.3 is 9.84 Å². The zero-order valence-corrected chi connectivity index (χ0v) is 13.3. The molecule has 1 atom stereocenters. The molecule has 0 heterocycles. The number of hydrogen-bond acceptors (Lipinski definition) is 2. The lowest BCUT2D eigenvalue weighted by Gasteiger charge is -2.16. The summed E-state index contributed by atoms with van der Waals surface area (Å²) < 4.78 is 5.35. The molecule has 21 heavy (non-hydrogen) atoms. The molecule has 0 saturated carbocycles. The minimum atomic E-state index is -0.551. The van der Waals surface area contributed by atoms with Crippen molar-refractivity contribution in [2.24, 2.45) is 0 Å². The van der Waals surface area contributed by atoms with E-state index in [9.17, 15) is 5.11 Å². The molecule has 0 fully saturated rings. The molecule has 2 aromatic carbocycles. The van der Waals surface area contributed by atoms with Crippen molar-refractivity contribution in [3.63, 3.8) is 0 Å². The quantitative estimate of drug-likeness (QED) is 0.881. The fraction of sp³-hybridized carbons (Fsp3) is 0.368. The first-order valence-corrected chi connectivity index (χ1v) is 7.42. The molecule has 0 aliphatic carbocycles. The lowest BCUT2D eigenvalue weighted by molar-refractivity contribution is 0.174. The first-order chi connectivity index (χ1) is 10.0. The van der Waals surface area contributed by atoms with Gasteiger partial charge in [-0.15, -0.1) is 0 Å². The van der Waals surface area contributed by atoms with Crippen molar-refractivity contribution < 1.29 is 9.84 Å². The van der Waals surface area contributed by atoms with Gasteiger partial charge in [0.1, 0.15) is 5.75 Å². The summed E-state index contributed by atoms with van der Waals surface area (Å²) in [6.45, 7) is 6.38. The molecule has 0 aliphatic heterocycles. The van der Waals surface area contributed by atoms with Gasteiger partial charge >= 0.3 is 0 Å². The first kappa shape index (κ1) is 15.6. The van der Waals surface area contributed by atoms with E-state index in [1.54, 1.807) is 7.11 Å². The summed E-state index contributed by atoms with van der Waals surface area (Å²) in [5.74, 6) is 1.27. The van der Waals surface area contributed by atoms with Gasteiger partial charge in [-0.25, -0.2) is 0 Å². The number of benzene rings is 2. The van der Waals surface area contributed by atoms with Crippen LogP contribution in [0.25, 0.3) is 0 Å². The number of hydrogen-bond donors (Lipinski definition) is 1. The minimum absolute atomic E-state index is 0.529. The molecule has 1 unspecified atom stereocenters. The lowest BCUT2D eigenvalue weighted by Crippen LogP contribution is -2.05. The zero-order valence-electron chi connectivity index (χ0n) is 13.3. The third-order valence-electron chi connectivity index (χ3n) is 3.82. The molecule has 0 aromatic heterocycles. The van der Waals surface area contributed by atoms with Crippen molar-refractivity contribution in [2.75, 3.05) is 7.11 Å². The molecule has 0 bridgehead atoms. The molecule has 0 saturated heterocycles. The lowest BCUT2D eigenvalue weighted by atomic mass is 9.96. The summed E-state index contributed by atoms with van der Waals surface area (Å²) in [7, 11) is 1.64. The Hall–Kier alpha value is -1.80. The summed E-state index contributed by atoms with van der Waals surface area (Å²) >= 11 is 0. The van der Waals surface area contributed by atoms with Crippen LogP contribution < -0.4 is 4.74 Å². The highest BCUT2D eigenvalue weighted by Crippen LogP contribution is 2.29. The van der Waals surface area contributed by atoms with Gasteiger partial charge in [0.05, 0.1) is 13.2 Å². The largest absolute Gasteiger partial charge is 0.496 e. The van der Waals surface area contributed by atoms with Crippen molar-refractivity contribution in [1.82, 2.24) is 0 Å². The van der Waals surface area contributed by atoms with Gasteiger partial charge in [-0.05, 0) is 36.1 Å². The Morgan fingerprint density at radius 3 is 2.29 bits per heavy atom. The molecule has 2 nitrogen and oxygen atoms in total. The predicted molar refractivity (Wildman–Crippen MR) is 86.9 cm³/mol. The van der Waals surface area contributed by atoms with E-state index in [-0.39, 0.29) is 0 Å². The number of aliphatic hydroxyl groups is 1. The van der Waals surface area contributed by atoms with Crippen LogP contribution in [0, 0.1) is 6.92 Å². The van der Waals surface area contributed by atoms with E-state index in [1.165, 1.54) is 5.56 Å². The van der Waals surface area contributed by atoms with Crippen molar-refractivity contribution in [1.29, 1.82) is 0 Å². The van der Waals surface area contributed by atoms with Crippen molar-refractivity contribution in [3.05, 3.63) is 64.7 Å². The number of aryl methyl sites for hydroxylation is 1. The van der Waals surface area contributed by atoms with E-state index in [0.717, 1.165) is 22.4 Å². The average molecular weight is 284 g/mol. The average Bonchev–Trinajstić information content (AvgIpc) is 2.47. The van der Waals surface area contributed by atoms with E-state index in [2.05, 4.69) is 38.1 Å². The van der Waals surface area contributed by atoms with Crippen LogP contribution in [0.2, 0.25) is 0 Å². The maximum absolute atomic E-state index is 10.5. The SMILES string of the molecule is COc1ccc(C)cc1C(O)Cc1ccc(C(C)C)cc1. The number of methoxy groups -OCH3 is 1. The number of ether oxygens (including phenoxy) is 1. The fourth-order valence-corrected chi connectivity index (χ4v) is 2.49. The number of aliphatic hydroxyl groups excluding tert-OH is 1. The van der Waals surface area contributed by atoms with Gasteiger partial charge in [0.15, 0.2) is 0 Å². The molecule has 0 aliphatic rings. The second kappa shape index (κ2) is 6.77. The minimum Gasteiger partial charge on any atom is -0.496 e. The number of rotatable bonds is 5. The predicted octanol–water partition coefficient (Wildman–Crippen LogP) is 4.40. The van der Waals surface area contributed by atoms with E-state index in [1.807, 2.05) is 25.1 Å². The topological polar surface area (TPSA) is 29.5 Å². The Morgan fingerprint density at radius 1 is 1.05 bits per heavy atom. The van der Waals surface area contributed by atoms with Crippen LogP contribution >= 0.6 is 0 Å². The summed E-state index contributed by atoms with van der Waals surface area (Å²) in [5.41, 5.74) is 4.43. The Kier molecular flexibility index (Phi) is 5.03. The molecule has 0 radical (unpaired) electrons. The van der Waals surface area contributed by atoms with Gasteiger partial charge in [-0.2, -0.15) is 0 Å². The van der Waals surface area contributed by atoms with Crippen LogP contribution in [0.1, 0.15) is 48.1 Å². The summed E-state index contributed by atoms with van der Waals surface area (Å²) in [6.07, 6.45) is 0.0443. The smallest absolute Gasteiger partial charge is 0.124 e. The maximum Gasteiger partial charge on any atom is 0.124 e. The summed E-state index contributed by atoms with van der Waals surface area (Å²) in [6, 6.07) is 14.4. The molecule has 0 spiro atoms. The van der Waals surface area contributed by atoms with Crippen molar-refractivity contribution in [2.45, 2.75) is 39.2 Å². The second-order valence-electron chi connectivity index (χ2n) is 5.86. The standard InChI is InChI=1S/C19H24O2/c1-13(2)16-8-6-15(7-9-16)12-18(20)17-11-14(3)5-10-19(17)21-4/h5-11,13,18,20H,12H2,1-4H3. The molecule has 0 amide bonds. The van der Waals surface area contributed by atoms with Gasteiger partial charge in [0.25, 0.3) is 0 Å². The highest BCUT2D eigenvalue weighted by Gasteiger charge is 2.14. The van der Waals surface area contributed by atoms with Gasteiger partial charge in [0.2, 0.25) is 0 Å². The molecular formula is C19H24O2. The second-order valence-corrected chi connectivity index (χ2v) is 5.86. The molecule has 2 rings (SSSR count). The third-order valence-corrected chi connectivity index (χ3v) is 3.82. The fourth-order valence-electron chi connectivity index (χ4n) is 2.49.